The Balaban J connectivity index is -0.000000308. The van der Waals surface area contributed by atoms with Gasteiger partial charge in [0.1, 0.15) is 0 Å². The zero-order chi connectivity index (χ0) is 22.1. The summed E-state index contributed by atoms with van der Waals surface area (Å²) in [4.78, 5) is 29.6. The molecule has 0 spiro atoms. The van der Waals surface area contributed by atoms with Gasteiger partial charge in [-0.25, -0.2) is 0 Å². The summed E-state index contributed by atoms with van der Waals surface area (Å²) < 4.78 is 53.0. The molecule has 3 N–H and O–H groups in total. The first kappa shape index (κ1) is 9.38. The van der Waals surface area contributed by atoms with Gasteiger partial charge in [-0.1, -0.05) is 0 Å². The molecular weight excluding hydrogens is 300 g/mol. The smallest absolute Gasteiger partial charge is 0.304 e. The zero-order valence-electron chi connectivity index (χ0n) is 16.8. The van der Waals surface area contributed by atoms with Gasteiger partial charge in [-0.05, 0) is 0 Å². The van der Waals surface area contributed by atoms with E-state index in [1.165, 1.54) is 0 Å². The molecule has 6 nitrogen and oxygen atoms in total. The number of carbonyl (C=O) groups is 3. The first-order valence-electron chi connectivity index (χ1n) is 7.86. The van der Waals surface area contributed by atoms with Crippen molar-refractivity contribution in [2.75, 3.05) is 17.2 Å². The van der Waals surface area contributed by atoms with E-state index >= 15 is 0 Å². The Morgan fingerprint density at radius 2 is 1.28 bits per heavy atom. The third-order valence-electron chi connectivity index (χ3n) is 0.623. The Bertz CT molecular complexity index is 491. The molecule has 0 saturated carbocycles. The van der Waals surface area contributed by atoms with E-state index in [4.69, 9.17) is 26.3 Å². The Morgan fingerprint density at radius 1 is 0.833 bits per heavy atom. The van der Waals surface area contributed by atoms with Gasteiger partial charge in [0.05, 0.1) is 19.2 Å². The maximum atomic E-state index is 10.0. The van der Waals surface area contributed by atoms with E-state index in [0.717, 1.165) is 0 Å². The molecule has 18 heavy (non-hydrogen) atoms. The molecule has 0 aliphatic rings. The molecule has 0 unspecified atom stereocenters. The number of carboxylic acid groups (broad SMARTS) is 3. The van der Waals surface area contributed by atoms with Crippen LogP contribution in [0.4, 0.5) is 0 Å². The molecule has 0 fully saturated rings. The molecule has 9 heteroatoms. The fraction of sp³-hybridized carbons (Fsp3) is 0.667. The first-order chi connectivity index (χ1) is 11.1. The molecule has 0 aliphatic heterocycles. The van der Waals surface area contributed by atoms with Crippen molar-refractivity contribution in [2.45, 2.75) is 19.2 Å². The number of carboxylic acids is 3. The van der Waals surface area contributed by atoms with Crippen molar-refractivity contribution >= 4 is 55.8 Å². The standard InChI is InChI=1S/3C3H6O2S/c3*4-3(5)1-2-6/h3*6H,1-2H2,(H,4,5)/i1D2,2D2;2D2;1D2. The van der Waals surface area contributed by atoms with Crippen LogP contribution in [0, 0.1) is 0 Å². The molecule has 0 bridgehead atoms. The van der Waals surface area contributed by atoms with E-state index in [0.29, 0.717) is 0 Å². The highest BCUT2D eigenvalue weighted by Crippen LogP contribution is 1.80. The highest BCUT2D eigenvalue weighted by atomic mass is 32.1. The zero-order valence-corrected chi connectivity index (χ0v) is 11.5. The minimum atomic E-state index is -2.95. The van der Waals surface area contributed by atoms with Crippen LogP contribution in [-0.4, -0.2) is 50.4 Å². The second-order valence-corrected chi connectivity index (χ2v) is 2.77. The van der Waals surface area contributed by atoms with Crippen molar-refractivity contribution in [1.29, 1.82) is 0 Å². The monoisotopic (exact) mass is 326 g/mol. The van der Waals surface area contributed by atoms with Crippen molar-refractivity contribution in [1.82, 2.24) is 0 Å². The van der Waals surface area contributed by atoms with Gasteiger partial charge in [-0.3, -0.25) is 14.4 Å². The molecule has 0 radical (unpaired) electrons. The lowest BCUT2D eigenvalue weighted by Gasteiger charge is -1.79. The predicted molar refractivity (Wildman–Crippen MR) is 78.3 cm³/mol. The Morgan fingerprint density at radius 3 is 1.28 bits per heavy atom. The highest BCUT2D eigenvalue weighted by Gasteiger charge is 1.89. The van der Waals surface area contributed by atoms with E-state index in [9.17, 15) is 14.4 Å². The maximum absolute atomic E-state index is 10.0. The third-order valence-corrected chi connectivity index (χ3v) is 1.05. The largest absolute Gasteiger partial charge is 0.481 e. The lowest BCUT2D eigenvalue weighted by atomic mass is 10.5. The van der Waals surface area contributed by atoms with Crippen LogP contribution in [0.3, 0.4) is 0 Å². The van der Waals surface area contributed by atoms with Crippen LogP contribution in [-0.2, 0) is 14.4 Å². The van der Waals surface area contributed by atoms with E-state index < -0.39 is 48.5 Å². The Labute approximate surface area is 133 Å². The van der Waals surface area contributed by atoms with E-state index in [-0.39, 0.29) is 5.75 Å². The van der Waals surface area contributed by atoms with Crippen molar-refractivity contribution < 1.29 is 40.7 Å². The van der Waals surface area contributed by atoms with Gasteiger partial charge in [-0.15, -0.1) is 0 Å². The Kier molecular flexibility index (Phi) is 9.80. The van der Waals surface area contributed by atoms with Crippen LogP contribution in [0.1, 0.15) is 30.1 Å². The fourth-order valence-corrected chi connectivity index (χ4v) is 0.549. The van der Waals surface area contributed by atoms with Crippen molar-refractivity contribution in [3.63, 3.8) is 0 Å². The van der Waals surface area contributed by atoms with E-state index in [1.807, 2.05) is 0 Å². The molecule has 0 aromatic carbocycles. The molecular formula is C9H18O6S3. The normalized spacial score (nSPS) is 17.9. The SMILES string of the molecule is [2H]C([2H])(CS)C(=O)O.[2H]C([2H])(S)C([2H])([2H])C(=O)O.[2H]C([2H])(S)CC(=O)O. The molecule has 0 amide bonds. The van der Waals surface area contributed by atoms with Crippen molar-refractivity contribution in [3.05, 3.63) is 0 Å². The average Bonchev–Trinajstić information content (AvgIpc) is 2.35. The predicted octanol–water partition coefficient (Wildman–Crippen LogP) is 1.17. The number of hydrogen-bond acceptors (Lipinski definition) is 6. The molecule has 0 aromatic heterocycles. The van der Waals surface area contributed by atoms with E-state index in [1.54, 1.807) is 0 Å². The number of rotatable bonds is 6. The minimum absolute atomic E-state index is 0.289. The summed E-state index contributed by atoms with van der Waals surface area (Å²) in [6.07, 6.45) is -5.69. The van der Waals surface area contributed by atoms with Crippen LogP contribution in [0.15, 0.2) is 0 Å². The number of aliphatic carboxylic acids is 3. The summed E-state index contributed by atoms with van der Waals surface area (Å²) in [7, 11) is 0. The summed E-state index contributed by atoms with van der Waals surface area (Å²) in [5.41, 5.74) is -4.54. The molecule has 0 saturated heterocycles. The van der Waals surface area contributed by atoms with Crippen LogP contribution in [0.5, 0.6) is 0 Å². The van der Waals surface area contributed by atoms with Crippen LogP contribution in [0.25, 0.3) is 0 Å². The third kappa shape index (κ3) is 45.2. The van der Waals surface area contributed by atoms with Crippen molar-refractivity contribution in [2.24, 2.45) is 0 Å². The fourth-order valence-electron chi connectivity index (χ4n) is 0.183. The highest BCUT2D eigenvalue weighted by molar-refractivity contribution is 7.80. The van der Waals surface area contributed by atoms with Gasteiger partial charge in [0.2, 0.25) is 0 Å². The van der Waals surface area contributed by atoms with Gasteiger partial charge in [0, 0.05) is 28.1 Å². The molecule has 0 rings (SSSR count). The van der Waals surface area contributed by atoms with Crippen LogP contribution >= 0.6 is 37.9 Å². The van der Waals surface area contributed by atoms with E-state index in [2.05, 4.69) is 37.9 Å². The van der Waals surface area contributed by atoms with Crippen LogP contribution < -0.4 is 0 Å². The van der Waals surface area contributed by atoms with Gasteiger partial charge >= 0.3 is 17.9 Å². The average molecular weight is 326 g/mol. The van der Waals surface area contributed by atoms with Crippen LogP contribution in [0.2, 0.25) is 0 Å². The topological polar surface area (TPSA) is 112 Å². The number of hydrogen-bond donors (Lipinski definition) is 6. The maximum Gasteiger partial charge on any atom is 0.304 e. The summed E-state index contributed by atoms with van der Waals surface area (Å²) in [5.74, 6) is -4.78. The van der Waals surface area contributed by atoms with Gasteiger partial charge < -0.3 is 15.3 Å². The number of thiol groups is 3. The summed E-state index contributed by atoms with van der Waals surface area (Å²) >= 11 is 9.98. The molecule has 0 aromatic rings. The molecule has 0 atom stereocenters. The Hall–Kier alpha value is -0.540. The lowest BCUT2D eigenvalue weighted by Crippen LogP contribution is -1.93. The van der Waals surface area contributed by atoms with Gasteiger partial charge in [-0.2, -0.15) is 37.9 Å². The van der Waals surface area contributed by atoms with Crippen molar-refractivity contribution in [3.8, 4) is 0 Å². The lowest BCUT2D eigenvalue weighted by molar-refractivity contribution is -0.137. The molecule has 0 heterocycles. The summed E-state index contributed by atoms with van der Waals surface area (Å²) in [5, 5.41) is 24.1. The molecule has 0 aliphatic carbocycles. The second kappa shape index (κ2) is 18.8. The summed E-state index contributed by atoms with van der Waals surface area (Å²) in [6.45, 7) is 0. The first-order valence-corrected chi connectivity index (χ1v) is 5.38. The minimum Gasteiger partial charge on any atom is -0.481 e. The molecule has 108 valence electrons. The van der Waals surface area contributed by atoms with Gasteiger partial charge in [0.15, 0.2) is 0 Å². The quantitative estimate of drug-likeness (QED) is 0.409. The second-order valence-electron chi connectivity index (χ2n) is 1.91. The van der Waals surface area contributed by atoms with Gasteiger partial charge in [0.25, 0.3) is 0 Å². The summed E-state index contributed by atoms with van der Waals surface area (Å²) in [6, 6.07) is 0.